The SMILES string of the molecule is COC(=O)c1cc(C#N)c(=O)n(Cc2csc(CCC(C)C)n2)c1. The Kier molecular flexibility index (Phi) is 5.88. The molecule has 2 aromatic rings. The van der Waals surface area contributed by atoms with Crippen molar-refractivity contribution in [1.29, 1.82) is 5.26 Å². The second-order valence-corrected chi connectivity index (χ2v) is 6.79. The summed E-state index contributed by atoms with van der Waals surface area (Å²) in [5, 5.41) is 12.0. The molecule has 0 atom stereocenters. The Balaban J connectivity index is 2.27. The number of pyridine rings is 1. The van der Waals surface area contributed by atoms with Gasteiger partial charge in [0.1, 0.15) is 11.6 Å². The monoisotopic (exact) mass is 345 g/mol. The third-order valence-corrected chi connectivity index (χ3v) is 4.45. The van der Waals surface area contributed by atoms with E-state index in [2.05, 4.69) is 23.6 Å². The second kappa shape index (κ2) is 7.88. The van der Waals surface area contributed by atoms with E-state index in [1.807, 2.05) is 11.4 Å². The molecular formula is C17H19N3O3S. The number of methoxy groups -OCH3 is 1. The third kappa shape index (κ3) is 4.30. The van der Waals surface area contributed by atoms with Crippen molar-refractivity contribution < 1.29 is 9.53 Å². The standard InChI is InChI=1S/C17H19N3O3S/c1-11(2)4-5-15-19-14(10-24-15)9-20-8-13(17(22)23-3)6-12(7-18)16(20)21/h6,8,10-11H,4-5,9H2,1-3H3. The van der Waals surface area contributed by atoms with Crippen LogP contribution in [0.1, 0.15) is 46.9 Å². The fourth-order valence-electron chi connectivity index (χ4n) is 2.19. The highest BCUT2D eigenvalue weighted by Gasteiger charge is 2.13. The van der Waals surface area contributed by atoms with E-state index in [0.717, 1.165) is 23.5 Å². The summed E-state index contributed by atoms with van der Waals surface area (Å²) in [7, 11) is 1.26. The number of hydrogen-bond acceptors (Lipinski definition) is 6. The Bertz CT molecular complexity index is 830. The number of thiazole rings is 1. The average molecular weight is 345 g/mol. The van der Waals surface area contributed by atoms with Gasteiger partial charge in [0.15, 0.2) is 0 Å². The van der Waals surface area contributed by atoms with Gasteiger partial charge < -0.3 is 9.30 Å². The second-order valence-electron chi connectivity index (χ2n) is 5.84. The molecule has 24 heavy (non-hydrogen) atoms. The van der Waals surface area contributed by atoms with E-state index >= 15 is 0 Å². The van der Waals surface area contributed by atoms with Gasteiger partial charge in [-0.3, -0.25) is 4.79 Å². The molecule has 2 rings (SSSR count). The molecule has 0 spiro atoms. The van der Waals surface area contributed by atoms with Crippen molar-refractivity contribution in [3.63, 3.8) is 0 Å². The van der Waals surface area contributed by atoms with Crippen LogP contribution in [-0.4, -0.2) is 22.6 Å². The maximum atomic E-state index is 12.3. The van der Waals surface area contributed by atoms with Crippen molar-refractivity contribution >= 4 is 17.3 Å². The minimum absolute atomic E-state index is 0.0897. The summed E-state index contributed by atoms with van der Waals surface area (Å²) >= 11 is 1.56. The molecule has 0 fully saturated rings. The molecule has 0 saturated heterocycles. The van der Waals surface area contributed by atoms with Crippen LogP contribution in [-0.2, 0) is 17.7 Å². The number of rotatable bonds is 6. The average Bonchev–Trinajstić information content (AvgIpc) is 3.01. The van der Waals surface area contributed by atoms with E-state index in [-0.39, 0.29) is 17.7 Å². The molecule has 0 N–H and O–H groups in total. The van der Waals surface area contributed by atoms with Crippen LogP contribution in [0.3, 0.4) is 0 Å². The number of aromatic nitrogens is 2. The van der Waals surface area contributed by atoms with Crippen LogP contribution in [0.25, 0.3) is 0 Å². The molecule has 6 nitrogen and oxygen atoms in total. The van der Waals surface area contributed by atoms with Crippen molar-refractivity contribution in [2.45, 2.75) is 33.2 Å². The highest BCUT2D eigenvalue weighted by molar-refractivity contribution is 7.09. The highest BCUT2D eigenvalue weighted by Crippen LogP contribution is 2.15. The molecule has 0 aliphatic heterocycles. The number of nitriles is 1. The number of esters is 1. The first-order chi connectivity index (χ1) is 11.4. The Morgan fingerprint density at radius 2 is 2.25 bits per heavy atom. The largest absolute Gasteiger partial charge is 0.465 e. The lowest BCUT2D eigenvalue weighted by atomic mass is 10.1. The summed E-state index contributed by atoms with van der Waals surface area (Å²) < 4.78 is 5.99. The molecule has 0 aromatic carbocycles. The van der Waals surface area contributed by atoms with Crippen molar-refractivity contribution in [3.05, 3.63) is 49.8 Å². The Morgan fingerprint density at radius 1 is 1.50 bits per heavy atom. The fraction of sp³-hybridized carbons (Fsp3) is 0.412. The zero-order valence-corrected chi connectivity index (χ0v) is 14.7. The maximum absolute atomic E-state index is 12.3. The van der Waals surface area contributed by atoms with Crippen LogP contribution < -0.4 is 5.56 Å². The molecular weight excluding hydrogens is 326 g/mol. The van der Waals surface area contributed by atoms with Gasteiger partial charge in [-0.2, -0.15) is 5.26 Å². The van der Waals surface area contributed by atoms with Crippen molar-refractivity contribution in [2.24, 2.45) is 5.92 Å². The lowest BCUT2D eigenvalue weighted by molar-refractivity contribution is 0.0599. The van der Waals surface area contributed by atoms with E-state index in [1.54, 1.807) is 11.3 Å². The van der Waals surface area contributed by atoms with Gasteiger partial charge in [-0.1, -0.05) is 13.8 Å². The van der Waals surface area contributed by atoms with Crippen molar-refractivity contribution in [1.82, 2.24) is 9.55 Å². The predicted octanol–water partition coefficient (Wildman–Crippen LogP) is 2.60. The van der Waals surface area contributed by atoms with Crippen molar-refractivity contribution in [3.8, 4) is 6.07 Å². The molecule has 0 unspecified atom stereocenters. The first-order valence-electron chi connectivity index (χ1n) is 7.60. The molecule has 0 saturated carbocycles. The van der Waals surface area contributed by atoms with E-state index in [1.165, 1.54) is 23.9 Å². The number of aryl methyl sites for hydroxylation is 1. The summed E-state index contributed by atoms with van der Waals surface area (Å²) in [4.78, 5) is 28.5. The summed E-state index contributed by atoms with van der Waals surface area (Å²) in [5.41, 5.74) is 0.380. The molecule has 0 aliphatic rings. The molecule has 0 amide bonds. The van der Waals surface area contributed by atoms with Crippen LogP contribution in [0, 0.1) is 17.2 Å². The third-order valence-electron chi connectivity index (χ3n) is 3.49. The van der Waals surface area contributed by atoms with Crippen LogP contribution in [0.5, 0.6) is 0 Å². The van der Waals surface area contributed by atoms with Crippen LogP contribution in [0.15, 0.2) is 22.4 Å². The first kappa shape index (κ1) is 17.9. The van der Waals surface area contributed by atoms with Gasteiger partial charge in [-0.15, -0.1) is 11.3 Å². The van der Waals surface area contributed by atoms with Crippen molar-refractivity contribution in [2.75, 3.05) is 7.11 Å². The highest BCUT2D eigenvalue weighted by atomic mass is 32.1. The smallest absolute Gasteiger partial charge is 0.339 e. The van der Waals surface area contributed by atoms with Gasteiger partial charge >= 0.3 is 5.97 Å². The minimum Gasteiger partial charge on any atom is -0.465 e. The number of carbonyl (C=O) groups excluding carboxylic acids is 1. The van der Waals surface area contributed by atoms with Gasteiger partial charge in [-0.05, 0) is 24.8 Å². The van der Waals surface area contributed by atoms with E-state index in [4.69, 9.17) is 5.26 Å². The summed E-state index contributed by atoms with van der Waals surface area (Å²) in [5.74, 6) is 0.0195. The molecule has 0 radical (unpaired) electrons. The predicted molar refractivity (Wildman–Crippen MR) is 91.1 cm³/mol. The van der Waals surface area contributed by atoms with Gasteiger partial charge in [-0.25, -0.2) is 9.78 Å². The summed E-state index contributed by atoms with van der Waals surface area (Å²) in [6.07, 6.45) is 3.37. The fourth-order valence-corrected chi connectivity index (χ4v) is 2.99. The number of ether oxygens (including phenoxy) is 1. The first-order valence-corrected chi connectivity index (χ1v) is 8.48. The minimum atomic E-state index is -0.587. The molecule has 126 valence electrons. The zero-order valence-electron chi connectivity index (χ0n) is 13.9. The van der Waals surface area contributed by atoms with Crippen LogP contribution >= 0.6 is 11.3 Å². The Morgan fingerprint density at radius 3 is 2.88 bits per heavy atom. The number of carbonyl (C=O) groups is 1. The number of hydrogen-bond donors (Lipinski definition) is 0. The van der Waals surface area contributed by atoms with E-state index < -0.39 is 11.5 Å². The quantitative estimate of drug-likeness (QED) is 0.751. The van der Waals surface area contributed by atoms with E-state index in [0.29, 0.717) is 5.92 Å². The molecule has 0 aliphatic carbocycles. The van der Waals surface area contributed by atoms with Gasteiger partial charge in [0, 0.05) is 11.6 Å². The van der Waals surface area contributed by atoms with Gasteiger partial charge in [0.2, 0.25) is 0 Å². The maximum Gasteiger partial charge on any atom is 0.339 e. The summed E-state index contributed by atoms with van der Waals surface area (Å²) in [6.45, 7) is 4.54. The van der Waals surface area contributed by atoms with Gasteiger partial charge in [0.25, 0.3) is 5.56 Å². The van der Waals surface area contributed by atoms with Gasteiger partial charge in [0.05, 0.1) is 29.9 Å². The van der Waals surface area contributed by atoms with E-state index in [9.17, 15) is 9.59 Å². The molecule has 2 heterocycles. The lowest BCUT2D eigenvalue weighted by Crippen LogP contribution is -2.24. The lowest BCUT2D eigenvalue weighted by Gasteiger charge is -2.07. The summed E-state index contributed by atoms with van der Waals surface area (Å²) in [6, 6.07) is 3.07. The Labute approximate surface area is 144 Å². The molecule has 0 bridgehead atoms. The normalized spacial score (nSPS) is 10.6. The number of nitrogens with zero attached hydrogens (tertiary/aromatic N) is 3. The van der Waals surface area contributed by atoms with Crippen LogP contribution in [0.4, 0.5) is 0 Å². The Hall–Kier alpha value is -2.46. The topological polar surface area (TPSA) is 85.0 Å². The van der Waals surface area contributed by atoms with Crippen LogP contribution in [0.2, 0.25) is 0 Å². The molecule has 2 aromatic heterocycles. The zero-order chi connectivity index (χ0) is 17.7. The molecule has 7 heteroatoms.